The molecule has 1 N–H and O–H groups in total. The van der Waals surface area contributed by atoms with Gasteiger partial charge in [-0.25, -0.2) is 9.80 Å². The molecule has 2 amide bonds. The van der Waals surface area contributed by atoms with Crippen LogP contribution in [0.2, 0.25) is 51.4 Å². The summed E-state index contributed by atoms with van der Waals surface area (Å²) in [6, 6.07) is 34.9. The summed E-state index contributed by atoms with van der Waals surface area (Å²) in [5.74, 6) is 1.29. The number of carbonyl (C=O) groups is 1. The molecule has 1 fully saturated rings. The number of methoxy groups -OCH3 is 1. The number of phenols is 1. The second kappa shape index (κ2) is 21.0. The maximum atomic E-state index is 15.4. The highest BCUT2D eigenvalue weighted by Crippen LogP contribution is 2.32. The Hall–Kier alpha value is -4.18. The lowest BCUT2D eigenvalue weighted by molar-refractivity contribution is -0.118. The van der Waals surface area contributed by atoms with E-state index in [1.807, 2.05) is 70.6 Å². The van der Waals surface area contributed by atoms with Crippen LogP contribution in [0.4, 0.5) is 4.79 Å². The number of urea groups is 1. The quantitative estimate of drug-likeness (QED) is 0.0506. The minimum atomic E-state index is -1.31. The van der Waals surface area contributed by atoms with Crippen LogP contribution >= 0.6 is 0 Å². The zero-order valence-electron chi connectivity index (χ0n) is 35.0. The van der Waals surface area contributed by atoms with Crippen molar-refractivity contribution in [2.45, 2.75) is 89.6 Å². The molecule has 2 atom stereocenters. The highest BCUT2D eigenvalue weighted by Gasteiger charge is 2.41. The van der Waals surface area contributed by atoms with Gasteiger partial charge in [-0.15, -0.1) is 0 Å². The molecule has 0 unspecified atom stereocenters. The molecule has 4 aromatic carbocycles. The highest BCUT2D eigenvalue weighted by atomic mass is 28.3. The van der Waals surface area contributed by atoms with Crippen LogP contribution in [0.5, 0.6) is 17.2 Å². The van der Waals surface area contributed by atoms with Crippen LogP contribution < -0.4 is 9.47 Å². The van der Waals surface area contributed by atoms with Crippen LogP contribution in [-0.4, -0.2) is 94.8 Å². The molecule has 10 nitrogen and oxygen atoms in total. The maximum absolute atomic E-state index is 15.4. The van der Waals surface area contributed by atoms with Crippen LogP contribution in [0.15, 0.2) is 103 Å². The van der Waals surface area contributed by atoms with Crippen LogP contribution in [0.3, 0.4) is 0 Å². The molecule has 4 aromatic rings. The first-order valence-electron chi connectivity index (χ1n) is 20.0. The standard InChI is InChI=1S/C45H63N3O7Si2/c1-51-43-29-39(21-22-42(43)54-34-52-23-25-56(2,3)4)31-47-41(28-36-15-10-8-11-16-36)44(55-35-53-24-26-57(5,6)7)33-46(30-37-17-12-9-13-18-37)48(45(47)50)32-38-19-14-20-40(49)27-38/h8-22,27,29,41,44,49H,23-26,28,30-35H2,1-7H3/t41-,44-/m1/s1. The molecule has 0 spiro atoms. The lowest BCUT2D eigenvalue weighted by Gasteiger charge is -2.36. The zero-order chi connectivity index (χ0) is 40.8. The Bertz CT molecular complexity index is 1820. The van der Waals surface area contributed by atoms with E-state index in [9.17, 15) is 5.11 Å². The van der Waals surface area contributed by atoms with Crippen molar-refractivity contribution in [3.8, 4) is 17.2 Å². The Morgan fingerprint density at radius 1 is 0.667 bits per heavy atom. The molecule has 57 heavy (non-hydrogen) atoms. The molecular weight excluding hydrogens is 751 g/mol. The smallest absolute Gasteiger partial charge is 0.335 e. The van der Waals surface area contributed by atoms with Crippen LogP contribution in [0.25, 0.3) is 0 Å². The molecule has 0 saturated carbocycles. The van der Waals surface area contributed by atoms with Gasteiger partial charge in [0.05, 0.1) is 25.8 Å². The molecule has 308 valence electrons. The van der Waals surface area contributed by atoms with E-state index in [1.54, 1.807) is 25.3 Å². The van der Waals surface area contributed by atoms with Gasteiger partial charge in [-0.2, -0.15) is 0 Å². The van der Waals surface area contributed by atoms with Gasteiger partial charge in [-0.3, -0.25) is 5.01 Å². The monoisotopic (exact) mass is 813 g/mol. The predicted molar refractivity (Wildman–Crippen MR) is 232 cm³/mol. The Kier molecular flexibility index (Phi) is 16.2. The van der Waals surface area contributed by atoms with Crippen molar-refractivity contribution in [1.82, 2.24) is 14.9 Å². The number of hydrazine groups is 1. The summed E-state index contributed by atoms with van der Waals surface area (Å²) in [4.78, 5) is 17.3. The van der Waals surface area contributed by atoms with Gasteiger partial charge in [0.25, 0.3) is 0 Å². The van der Waals surface area contributed by atoms with E-state index in [2.05, 4.69) is 68.6 Å². The second-order valence-corrected chi connectivity index (χ2v) is 28.5. The van der Waals surface area contributed by atoms with Crippen molar-refractivity contribution in [1.29, 1.82) is 0 Å². The van der Waals surface area contributed by atoms with Gasteiger partial charge >= 0.3 is 6.03 Å². The van der Waals surface area contributed by atoms with Crippen LogP contribution in [-0.2, 0) is 40.3 Å². The van der Waals surface area contributed by atoms with Gasteiger partial charge in [0.2, 0.25) is 0 Å². The summed E-state index contributed by atoms with van der Waals surface area (Å²) in [5, 5.41) is 14.3. The van der Waals surface area contributed by atoms with Crippen molar-refractivity contribution in [3.05, 3.63) is 125 Å². The minimum absolute atomic E-state index is 0.119. The highest BCUT2D eigenvalue weighted by molar-refractivity contribution is 6.76. The number of carbonyl (C=O) groups excluding carboxylic acids is 1. The number of nitrogens with zero attached hydrogens (tertiary/aromatic N) is 3. The third-order valence-corrected chi connectivity index (χ3v) is 13.4. The zero-order valence-corrected chi connectivity index (χ0v) is 37.0. The van der Waals surface area contributed by atoms with Crippen LogP contribution in [0.1, 0.15) is 22.3 Å². The van der Waals surface area contributed by atoms with E-state index < -0.39 is 22.3 Å². The first-order chi connectivity index (χ1) is 27.3. The van der Waals surface area contributed by atoms with Gasteiger partial charge < -0.3 is 33.7 Å². The molecule has 12 heteroatoms. The Morgan fingerprint density at radius 3 is 1.91 bits per heavy atom. The minimum Gasteiger partial charge on any atom is -0.508 e. The summed E-state index contributed by atoms with van der Waals surface area (Å²) in [6.07, 6.45) is 0.148. The van der Waals surface area contributed by atoms with Gasteiger partial charge in [-0.05, 0) is 65.0 Å². The Morgan fingerprint density at radius 2 is 1.28 bits per heavy atom. The summed E-state index contributed by atoms with van der Waals surface area (Å²) < 4.78 is 30.5. The third-order valence-electron chi connectivity index (χ3n) is 10.0. The number of amides is 2. The van der Waals surface area contributed by atoms with Gasteiger partial charge in [0.1, 0.15) is 12.5 Å². The van der Waals surface area contributed by atoms with Gasteiger partial charge in [-0.1, -0.05) is 118 Å². The number of aromatic hydroxyl groups is 1. The van der Waals surface area contributed by atoms with Crippen molar-refractivity contribution >= 4 is 22.2 Å². The fourth-order valence-electron chi connectivity index (χ4n) is 6.67. The van der Waals surface area contributed by atoms with E-state index >= 15 is 4.79 Å². The normalized spacial score (nSPS) is 16.8. The van der Waals surface area contributed by atoms with Crippen molar-refractivity contribution in [2.75, 3.05) is 40.5 Å². The molecule has 1 saturated heterocycles. The lowest BCUT2D eigenvalue weighted by atomic mass is 9.98. The van der Waals surface area contributed by atoms with Crippen molar-refractivity contribution < 1.29 is 33.6 Å². The third kappa shape index (κ3) is 14.3. The second-order valence-electron chi connectivity index (χ2n) is 17.2. The number of ether oxygens (including phenoxy) is 5. The molecule has 0 bridgehead atoms. The first kappa shape index (κ1) is 43.9. The number of hydrogen-bond donors (Lipinski definition) is 1. The SMILES string of the molecule is COc1cc(CN2C(=O)N(Cc3cccc(O)c3)N(Cc3ccccc3)C[C@@H](OCOCC[Si](C)(C)C)[C@H]2Cc2ccccc2)ccc1OCOCC[Si](C)(C)C. The van der Waals surface area contributed by atoms with Crippen molar-refractivity contribution in [2.24, 2.45) is 0 Å². The molecule has 0 aliphatic carbocycles. The molecule has 0 aromatic heterocycles. The molecule has 1 heterocycles. The Labute approximate surface area is 342 Å². The van der Waals surface area contributed by atoms with E-state index in [-0.39, 0.29) is 44.5 Å². The summed E-state index contributed by atoms with van der Waals surface area (Å²) in [5.41, 5.74) is 3.85. The molecule has 1 aliphatic heterocycles. The van der Waals surface area contributed by atoms with E-state index in [4.69, 9.17) is 23.7 Å². The number of benzene rings is 4. The van der Waals surface area contributed by atoms with Crippen molar-refractivity contribution in [3.63, 3.8) is 0 Å². The van der Waals surface area contributed by atoms with Crippen LogP contribution in [0, 0.1) is 0 Å². The average Bonchev–Trinajstić information content (AvgIpc) is 3.25. The van der Waals surface area contributed by atoms with E-state index in [0.29, 0.717) is 44.2 Å². The summed E-state index contributed by atoms with van der Waals surface area (Å²) in [6.45, 7) is 16.9. The largest absolute Gasteiger partial charge is 0.508 e. The number of hydrogen-bond acceptors (Lipinski definition) is 8. The predicted octanol–water partition coefficient (Wildman–Crippen LogP) is 9.26. The van der Waals surface area contributed by atoms with Gasteiger partial charge in [0, 0.05) is 49.0 Å². The maximum Gasteiger partial charge on any atom is 0.335 e. The Balaban J connectivity index is 1.51. The summed E-state index contributed by atoms with van der Waals surface area (Å²) in [7, 11) is -0.906. The molecular formula is C45H63N3O7Si2. The topological polar surface area (TPSA) is 93.2 Å². The van der Waals surface area contributed by atoms with E-state index in [1.165, 1.54) is 0 Å². The average molecular weight is 814 g/mol. The summed E-state index contributed by atoms with van der Waals surface area (Å²) >= 11 is 0. The lowest BCUT2D eigenvalue weighted by Crippen LogP contribution is -2.51. The first-order valence-corrected chi connectivity index (χ1v) is 27.4. The molecule has 1 aliphatic rings. The fraction of sp³-hybridized carbons (Fsp3) is 0.444. The van der Waals surface area contributed by atoms with Gasteiger partial charge in [0.15, 0.2) is 18.3 Å². The van der Waals surface area contributed by atoms with E-state index in [0.717, 1.165) is 34.3 Å². The fourth-order valence-corrected chi connectivity index (χ4v) is 8.18. The number of phenolic OH excluding ortho intramolecular Hbond substituents is 1. The molecule has 0 radical (unpaired) electrons. The molecule has 5 rings (SSSR count). The number of rotatable bonds is 21.